The molecule has 7 heteroatoms. The summed E-state index contributed by atoms with van der Waals surface area (Å²) in [6, 6.07) is 9.62. The third-order valence-corrected chi connectivity index (χ3v) is 6.93. The molecule has 1 aromatic heterocycles. The Labute approximate surface area is 210 Å². The molecule has 6 nitrogen and oxygen atoms in total. The van der Waals surface area contributed by atoms with Gasteiger partial charge in [0.2, 0.25) is 0 Å². The van der Waals surface area contributed by atoms with Crippen molar-refractivity contribution in [1.29, 1.82) is 0 Å². The van der Waals surface area contributed by atoms with E-state index in [9.17, 15) is 14.7 Å². The highest BCUT2D eigenvalue weighted by molar-refractivity contribution is 6.32. The lowest BCUT2D eigenvalue weighted by Crippen LogP contribution is -2.43. The van der Waals surface area contributed by atoms with Crippen LogP contribution in [-0.2, 0) is 6.42 Å². The van der Waals surface area contributed by atoms with Gasteiger partial charge < -0.3 is 19.7 Å². The van der Waals surface area contributed by atoms with E-state index in [0.717, 1.165) is 46.9 Å². The number of fused-ring (bicyclic) bond motifs is 1. The molecule has 1 unspecified atom stereocenters. The zero-order valence-corrected chi connectivity index (χ0v) is 21.0. The molecule has 1 amide bonds. The molecule has 2 heterocycles. The van der Waals surface area contributed by atoms with Gasteiger partial charge in [-0.15, -0.1) is 6.58 Å². The molecule has 0 aliphatic carbocycles. The number of nitrogens with one attached hydrogen (secondary N) is 1. The smallest absolute Gasteiger partial charge is 0.407 e. The largest absolute Gasteiger partial charge is 0.492 e. The van der Waals surface area contributed by atoms with Crippen molar-refractivity contribution < 1.29 is 14.6 Å². The number of allylic oxidation sites excluding steroid dienone is 1. The average Bonchev–Trinajstić information content (AvgIpc) is 2.79. The number of piperidine rings is 1. The van der Waals surface area contributed by atoms with Gasteiger partial charge in [-0.3, -0.25) is 4.79 Å². The summed E-state index contributed by atoms with van der Waals surface area (Å²) in [6.45, 7) is 8.66. The van der Waals surface area contributed by atoms with Crippen LogP contribution in [0, 0.1) is 13.8 Å². The first-order valence-corrected chi connectivity index (χ1v) is 12.4. The lowest BCUT2D eigenvalue weighted by atomic mass is 9.98. The third-order valence-electron chi connectivity index (χ3n) is 6.58. The number of aromatic nitrogens is 1. The Morgan fingerprint density at radius 3 is 2.66 bits per heavy atom. The van der Waals surface area contributed by atoms with E-state index < -0.39 is 6.09 Å². The van der Waals surface area contributed by atoms with Crippen LogP contribution in [0.5, 0.6) is 5.75 Å². The zero-order chi connectivity index (χ0) is 25.1. The first-order valence-electron chi connectivity index (χ1n) is 12.0. The SMILES string of the molecule is C=CCc1cc2c(OCCC3CCCCN3C(=O)O)c(-c3cc(C)cc(C)c3)c(=O)[nH]c2cc1Cl. The van der Waals surface area contributed by atoms with Gasteiger partial charge >= 0.3 is 6.09 Å². The number of nitrogens with zero attached hydrogens (tertiary/aromatic N) is 1. The van der Waals surface area contributed by atoms with Crippen LogP contribution in [0.4, 0.5) is 4.79 Å². The molecule has 0 saturated carbocycles. The summed E-state index contributed by atoms with van der Waals surface area (Å²) < 4.78 is 6.36. The molecule has 184 valence electrons. The average molecular weight is 495 g/mol. The van der Waals surface area contributed by atoms with Crippen molar-refractivity contribution in [1.82, 2.24) is 9.88 Å². The molecule has 1 saturated heterocycles. The third kappa shape index (κ3) is 5.38. The van der Waals surface area contributed by atoms with E-state index in [-0.39, 0.29) is 11.6 Å². The number of benzene rings is 2. The number of aromatic amines is 1. The van der Waals surface area contributed by atoms with Gasteiger partial charge in [-0.1, -0.05) is 47.0 Å². The van der Waals surface area contributed by atoms with Crippen LogP contribution in [0.15, 0.2) is 47.8 Å². The minimum Gasteiger partial charge on any atom is -0.492 e. The number of pyridine rings is 1. The standard InChI is InChI=1S/C28H31ClN2O4/c1-4-7-19-15-22-24(16-23(19)29)30-27(32)25(20-13-17(2)12-18(3)14-20)26(22)35-11-9-21-8-5-6-10-31(21)28(33)34/h4,12-16,21H,1,5-11H2,2-3H3,(H,30,32)(H,33,34). The Bertz CT molecular complexity index is 1310. The molecule has 1 aliphatic rings. The number of carboxylic acid groups (broad SMARTS) is 1. The Morgan fingerprint density at radius 1 is 1.23 bits per heavy atom. The molecule has 1 fully saturated rings. The second kappa shape index (κ2) is 10.6. The maximum Gasteiger partial charge on any atom is 0.407 e. The molecule has 3 aromatic rings. The zero-order valence-electron chi connectivity index (χ0n) is 20.2. The lowest BCUT2D eigenvalue weighted by Gasteiger charge is -2.33. The van der Waals surface area contributed by atoms with Crippen molar-refractivity contribution in [2.75, 3.05) is 13.2 Å². The van der Waals surface area contributed by atoms with E-state index in [2.05, 4.69) is 17.6 Å². The summed E-state index contributed by atoms with van der Waals surface area (Å²) in [7, 11) is 0. The number of halogens is 1. The second-order valence-corrected chi connectivity index (χ2v) is 9.69. The number of ether oxygens (including phenoxy) is 1. The van der Waals surface area contributed by atoms with Crippen LogP contribution in [-0.4, -0.2) is 40.3 Å². The summed E-state index contributed by atoms with van der Waals surface area (Å²) in [5, 5.41) is 10.9. The molecule has 35 heavy (non-hydrogen) atoms. The molecule has 2 N–H and O–H groups in total. The summed E-state index contributed by atoms with van der Waals surface area (Å²) in [5.74, 6) is 0.494. The van der Waals surface area contributed by atoms with Crippen LogP contribution in [0.3, 0.4) is 0 Å². The summed E-state index contributed by atoms with van der Waals surface area (Å²) in [6.07, 6.45) is 4.73. The van der Waals surface area contributed by atoms with Crippen LogP contribution >= 0.6 is 11.6 Å². The van der Waals surface area contributed by atoms with Crippen molar-refractivity contribution in [2.24, 2.45) is 0 Å². The number of likely N-dealkylation sites (tertiary alicyclic amines) is 1. The quantitative estimate of drug-likeness (QED) is 0.367. The van der Waals surface area contributed by atoms with Crippen molar-refractivity contribution in [3.63, 3.8) is 0 Å². The molecular formula is C28H31ClN2O4. The summed E-state index contributed by atoms with van der Waals surface area (Å²) >= 11 is 6.46. The van der Waals surface area contributed by atoms with Crippen molar-refractivity contribution in [2.45, 2.75) is 52.0 Å². The number of amides is 1. The highest BCUT2D eigenvalue weighted by Crippen LogP contribution is 2.37. The Balaban J connectivity index is 1.79. The van der Waals surface area contributed by atoms with E-state index in [4.69, 9.17) is 16.3 Å². The van der Waals surface area contributed by atoms with Crippen LogP contribution in [0.1, 0.15) is 42.4 Å². The normalized spacial score (nSPS) is 15.9. The van der Waals surface area contributed by atoms with Gasteiger partial charge in [-0.2, -0.15) is 0 Å². The van der Waals surface area contributed by atoms with E-state index in [0.29, 0.717) is 47.8 Å². The minimum atomic E-state index is -0.893. The van der Waals surface area contributed by atoms with E-state index in [1.165, 1.54) is 4.90 Å². The lowest BCUT2D eigenvalue weighted by molar-refractivity contribution is 0.0969. The number of aryl methyl sites for hydroxylation is 2. The molecule has 0 radical (unpaired) electrons. The van der Waals surface area contributed by atoms with Crippen molar-refractivity contribution >= 4 is 28.6 Å². The molecule has 2 aromatic carbocycles. The van der Waals surface area contributed by atoms with Gasteiger partial charge in [0, 0.05) is 29.4 Å². The molecule has 0 bridgehead atoms. The monoisotopic (exact) mass is 494 g/mol. The van der Waals surface area contributed by atoms with Crippen LogP contribution in [0.25, 0.3) is 22.0 Å². The summed E-state index contributed by atoms with van der Waals surface area (Å²) in [4.78, 5) is 29.5. The minimum absolute atomic E-state index is 0.0926. The first-order chi connectivity index (χ1) is 16.8. The van der Waals surface area contributed by atoms with Crippen LogP contribution in [0.2, 0.25) is 5.02 Å². The van der Waals surface area contributed by atoms with E-state index in [1.54, 1.807) is 12.1 Å². The predicted molar refractivity (Wildman–Crippen MR) is 141 cm³/mol. The van der Waals surface area contributed by atoms with Gasteiger partial charge in [-0.05, 0) is 62.8 Å². The van der Waals surface area contributed by atoms with E-state index in [1.807, 2.05) is 32.0 Å². The molecule has 1 atom stereocenters. The van der Waals surface area contributed by atoms with Gasteiger partial charge in [0.15, 0.2) is 0 Å². The highest BCUT2D eigenvalue weighted by Gasteiger charge is 2.26. The fraction of sp³-hybridized carbons (Fsp3) is 0.357. The number of hydrogen-bond donors (Lipinski definition) is 2. The van der Waals surface area contributed by atoms with Gasteiger partial charge in [0.05, 0.1) is 17.7 Å². The first kappa shape index (κ1) is 24.9. The number of H-pyrrole nitrogens is 1. The van der Waals surface area contributed by atoms with Gasteiger partial charge in [0.25, 0.3) is 5.56 Å². The number of hydrogen-bond acceptors (Lipinski definition) is 3. The number of rotatable bonds is 7. The Kier molecular flexibility index (Phi) is 7.51. The Morgan fingerprint density at radius 2 is 1.97 bits per heavy atom. The Hall–Kier alpha value is -3.25. The molecule has 4 rings (SSSR count). The highest BCUT2D eigenvalue weighted by atomic mass is 35.5. The van der Waals surface area contributed by atoms with E-state index >= 15 is 0 Å². The van der Waals surface area contributed by atoms with Crippen molar-refractivity contribution in [3.05, 3.63) is 75.1 Å². The molecular weight excluding hydrogens is 464 g/mol. The van der Waals surface area contributed by atoms with Gasteiger partial charge in [0.1, 0.15) is 5.75 Å². The second-order valence-electron chi connectivity index (χ2n) is 9.28. The van der Waals surface area contributed by atoms with Crippen LogP contribution < -0.4 is 10.3 Å². The van der Waals surface area contributed by atoms with Gasteiger partial charge in [-0.25, -0.2) is 4.79 Å². The fourth-order valence-electron chi connectivity index (χ4n) is 5.02. The number of carbonyl (C=O) groups is 1. The summed E-state index contributed by atoms with van der Waals surface area (Å²) in [5.41, 5.74) is 4.58. The fourth-order valence-corrected chi connectivity index (χ4v) is 5.27. The molecule has 1 aliphatic heterocycles. The predicted octanol–water partition coefficient (Wildman–Crippen LogP) is 6.50. The van der Waals surface area contributed by atoms with Crippen molar-refractivity contribution in [3.8, 4) is 16.9 Å². The topological polar surface area (TPSA) is 82.6 Å². The maximum absolute atomic E-state index is 13.3. The molecule has 0 spiro atoms. The maximum atomic E-state index is 13.3.